The van der Waals surface area contributed by atoms with Crippen LogP contribution in [0.5, 0.6) is 0 Å². The van der Waals surface area contributed by atoms with Gasteiger partial charge in [0.05, 0.1) is 52.4 Å². The Kier molecular flexibility index (Phi) is 5.50. The van der Waals surface area contributed by atoms with Gasteiger partial charge in [0, 0.05) is 52.5 Å². The van der Waals surface area contributed by atoms with Crippen LogP contribution in [0.4, 0.5) is 0 Å². The van der Waals surface area contributed by atoms with E-state index in [4.69, 9.17) is 2.74 Å². The fraction of sp³-hybridized carbons (Fsp3) is 0. The van der Waals surface area contributed by atoms with Gasteiger partial charge in [0.1, 0.15) is 0 Å². The van der Waals surface area contributed by atoms with Gasteiger partial charge in [-0.1, -0.05) is 133 Å². The average Bonchev–Trinajstić information content (AvgIpc) is 4.10. The minimum absolute atomic E-state index is 0.0697. The highest BCUT2D eigenvalue weighted by atomic mass is 32.1. The van der Waals surface area contributed by atoms with E-state index in [0.29, 0.717) is 11.3 Å². The normalized spacial score (nSPS) is 13.8. The number of fused-ring (bicyclic) bond motifs is 12. The molecule has 13 aromatic rings. The van der Waals surface area contributed by atoms with Gasteiger partial charge in [-0.15, -0.1) is 22.7 Å². The van der Waals surface area contributed by atoms with Crippen molar-refractivity contribution in [2.45, 2.75) is 0 Å². The summed E-state index contributed by atoms with van der Waals surface area (Å²) in [6, 6.07) is 49.8. The molecular formula is C54H32N2S2. The first kappa shape index (κ1) is 26.0. The van der Waals surface area contributed by atoms with Crippen LogP contribution in [0.3, 0.4) is 0 Å². The highest BCUT2D eigenvalue weighted by Gasteiger charge is 2.21. The van der Waals surface area contributed by atoms with E-state index in [2.05, 4.69) is 95.6 Å². The molecule has 0 atom stereocenters. The van der Waals surface area contributed by atoms with Crippen LogP contribution in [0.25, 0.3) is 118 Å². The maximum absolute atomic E-state index is 10.1. The smallest absolute Gasteiger partial charge is 0.0645 e. The molecule has 0 N–H and O–H groups in total. The van der Waals surface area contributed by atoms with Gasteiger partial charge >= 0.3 is 0 Å². The lowest BCUT2D eigenvalue weighted by molar-refractivity contribution is 1.20. The molecule has 0 radical (unpaired) electrons. The molecule has 0 bridgehead atoms. The Morgan fingerprint density at radius 2 is 1.00 bits per heavy atom. The van der Waals surface area contributed by atoms with Crippen molar-refractivity contribution in [2.24, 2.45) is 0 Å². The molecule has 0 aliphatic rings. The second-order valence-electron chi connectivity index (χ2n) is 14.7. The van der Waals surface area contributed by atoms with Crippen molar-refractivity contribution < 1.29 is 9.60 Å². The summed E-state index contributed by atoms with van der Waals surface area (Å²) in [7, 11) is 0. The summed E-state index contributed by atoms with van der Waals surface area (Å²) < 4.78 is 74.3. The highest BCUT2D eigenvalue weighted by Crippen LogP contribution is 2.45. The SMILES string of the molecule is [2H]c1c([2H])c([2H])c2c(c1[2H])c1c([2H])c(-c3ccc4c(c3)c3c(-c5ccccc5)cccc3n4-c3cccc4c3sc3ccccc34)c([2H])c([2H])c1n2-c1cccc2c1sc1ccccc12. The van der Waals surface area contributed by atoms with E-state index in [9.17, 15) is 6.85 Å². The molecule has 2 nitrogen and oxygen atoms in total. The lowest BCUT2D eigenvalue weighted by Crippen LogP contribution is -1.94. The van der Waals surface area contributed by atoms with Crippen LogP contribution in [-0.4, -0.2) is 9.13 Å². The molecule has 0 saturated carbocycles. The summed E-state index contributed by atoms with van der Waals surface area (Å²) in [6.07, 6.45) is 0. The summed E-state index contributed by atoms with van der Waals surface area (Å²) in [5.74, 6) is 0. The number of hydrogen-bond donors (Lipinski definition) is 0. The van der Waals surface area contributed by atoms with E-state index in [1.165, 1.54) is 20.2 Å². The van der Waals surface area contributed by atoms with Crippen molar-refractivity contribution in [2.75, 3.05) is 0 Å². The van der Waals surface area contributed by atoms with Gasteiger partial charge in [-0.2, -0.15) is 0 Å². The second-order valence-corrected chi connectivity index (χ2v) is 16.8. The molecule has 0 aliphatic heterocycles. The Bertz CT molecular complexity index is 4220. The van der Waals surface area contributed by atoms with Gasteiger partial charge in [0.15, 0.2) is 0 Å². The van der Waals surface area contributed by atoms with Gasteiger partial charge in [-0.3, -0.25) is 0 Å². The number of nitrogens with zero attached hydrogens (tertiary/aromatic N) is 2. The van der Waals surface area contributed by atoms with Crippen molar-refractivity contribution in [3.63, 3.8) is 0 Å². The zero-order valence-corrected chi connectivity index (χ0v) is 32.3. The first-order valence-corrected chi connectivity index (χ1v) is 20.8. The zero-order valence-electron chi connectivity index (χ0n) is 37.6. The van der Waals surface area contributed by atoms with Crippen molar-refractivity contribution in [3.8, 4) is 33.6 Å². The lowest BCUT2D eigenvalue weighted by Gasteiger charge is -2.11. The first-order valence-electron chi connectivity index (χ1n) is 22.7. The minimum atomic E-state index is -0.416. The molecular weight excluding hydrogens is 741 g/mol. The summed E-state index contributed by atoms with van der Waals surface area (Å²) in [5.41, 5.74) is 6.90. The predicted octanol–water partition coefficient (Wildman–Crippen LogP) is 16.0. The van der Waals surface area contributed by atoms with Gasteiger partial charge in [0.25, 0.3) is 0 Å². The number of thiophene rings is 2. The van der Waals surface area contributed by atoms with Crippen LogP contribution in [0.2, 0.25) is 0 Å². The Hall–Kier alpha value is -6.98. The largest absolute Gasteiger partial charge is 0.308 e. The number of rotatable bonds is 4. The Labute approximate surface area is 351 Å². The average molecular weight is 780 g/mol. The van der Waals surface area contributed by atoms with E-state index in [0.717, 1.165) is 58.8 Å². The molecule has 0 aliphatic carbocycles. The van der Waals surface area contributed by atoms with Crippen molar-refractivity contribution in [3.05, 3.63) is 194 Å². The standard InChI is InChI=1S/C54H32N2S2/c1-2-13-33(14-3-1)36-18-10-22-47-52(36)43-32-35(28-30-46(43)56(47)49-24-12-20-41-39-17-6-9-26-51(39)58-54(41)49)34-27-29-45-42(31-34)37-15-4-7-21-44(37)55(45)48-23-11-19-40-38-16-5-8-25-50(38)57-53(40)48/h1-32H/i4D,7D,15D,21D,27D,29D,31D. The number of aromatic nitrogens is 2. The fourth-order valence-electron chi connectivity index (χ4n) is 9.06. The Morgan fingerprint density at radius 3 is 1.74 bits per heavy atom. The molecule has 270 valence electrons. The van der Waals surface area contributed by atoms with E-state index >= 15 is 0 Å². The van der Waals surface area contributed by atoms with Crippen LogP contribution < -0.4 is 0 Å². The fourth-order valence-corrected chi connectivity index (χ4v) is 11.5. The van der Waals surface area contributed by atoms with E-state index < -0.39 is 12.1 Å². The molecule has 0 amide bonds. The number of para-hydroxylation sites is 1. The maximum Gasteiger partial charge on any atom is 0.0645 e. The van der Waals surface area contributed by atoms with Gasteiger partial charge in [-0.05, 0) is 82.8 Å². The van der Waals surface area contributed by atoms with Crippen molar-refractivity contribution in [1.29, 1.82) is 0 Å². The van der Waals surface area contributed by atoms with Gasteiger partial charge < -0.3 is 9.13 Å². The van der Waals surface area contributed by atoms with E-state index in [1.807, 2.05) is 60.7 Å². The zero-order chi connectivity index (χ0) is 44.0. The lowest BCUT2D eigenvalue weighted by atomic mass is 9.97. The van der Waals surface area contributed by atoms with Crippen LogP contribution in [-0.2, 0) is 0 Å². The summed E-state index contributed by atoms with van der Waals surface area (Å²) >= 11 is 3.34. The summed E-state index contributed by atoms with van der Waals surface area (Å²) in [4.78, 5) is 0. The van der Waals surface area contributed by atoms with E-state index in [-0.39, 0.29) is 57.6 Å². The molecule has 0 unspecified atom stereocenters. The highest BCUT2D eigenvalue weighted by molar-refractivity contribution is 7.26. The van der Waals surface area contributed by atoms with Gasteiger partial charge in [-0.25, -0.2) is 0 Å². The van der Waals surface area contributed by atoms with Gasteiger partial charge in [0.2, 0.25) is 0 Å². The molecule has 4 aromatic heterocycles. The summed E-state index contributed by atoms with van der Waals surface area (Å²) in [5, 5.41) is 6.73. The van der Waals surface area contributed by atoms with Crippen LogP contribution in [0, 0.1) is 0 Å². The monoisotopic (exact) mass is 779 g/mol. The molecule has 0 spiro atoms. The quantitative estimate of drug-likeness (QED) is 0.168. The summed E-state index contributed by atoms with van der Waals surface area (Å²) in [6.45, 7) is 0. The second kappa shape index (κ2) is 12.3. The van der Waals surface area contributed by atoms with Crippen molar-refractivity contribution >= 4 is 107 Å². The third-order valence-corrected chi connectivity index (χ3v) is 14.0. The topological polar surface area (TPSA) is 9.86 Å². The molecule has 4 heteroatoms. The van der Waals surface area contributed by atoms with E-state index in [1.54, 1.807) is 27.2 Å². The third kappa shape index (κ3) is 4.53. The van der Waals surface area contributed by atoms with Crippen LogP contribution >= 0.6 is 22.7 Å². The Morgan fingerprint density at radius 1 is 0.379 bits per heavy atom. The number of hydrogen-bond acceptors (Lipinski definition) is 2. The van der Waals surface area contributed by atoms with Crippen LogP contribution in [0.1, 0.15) is 9.60 Å². The minimum Gasteiger partial charge on any atom is -0.308 e. The molecule has 13 rings (SSSR count). The van der Waals surface area contributed by atoms with Crippen molar-refractivity contribution in [1.82, 2.24) is 9.13 Å². The molecule has 58 heavy (non-hydrogen) atoms. The maximum atomic E-state index is 10.1. The molecule has 4 heterocycles. The molecule has 9 aromatic carbocycles. The molecule has 0 saturated heterocycles. The molecule has 0 fully saturated rings. The first-order chi connectivity index (χ1) is 31.7. The third-order valence-electron chi connectivity index (χ3n) is 11.6. The van der Waals surface area contributed by atoms with Crippen LogP contribution in [0.15, 0.2) is 194 Å². The number of benzene rings is 9. The Balaban J connectivity index is 1.14. The predicted molar refractivity (Wildman–Crippen MR) is 252 cm³/mol.